The van der Waals surface area contributed by atoms with Gasteiger partial charge in [0, 0.05) is 6.54 Å². The van der Waals surface area contributed by atoms with Crippen LogP contribution in [0.3, 0.4) is 0 Å². The Hall–Kier alpha value is -0.300. The Bertz CT molecular complexity index is 161. The highest BCUT2D eigenvalue weighted by Crippen LogP contribution is 2.21. The quantitative estimate of drug-likeness (QED) is 0.615. The van der Waals surface area contributed by atoms with Crippen LogP contribution in [0.4, 0.5) is 0 Å². The van der Waals surface area contributed by atoms with Gasteiger partial charge in [-0.1, -0.05) is 45.8 Å². The fourth-order valence-corrected chi connectivity index (χ4v) is 2.00. The molecule has 1 heteroatoms. The van der Waals surface area contributed by atoms with Crippen LogP contribution in [0.15, 0.2) is 11.6 Å². The van der Waals surface area contributed by atoms with Crippen molar-refractivity contribution in [1.29, 1.82) is 0 Å². The Balaban J connectivity index is 4.21. The molecule has 0 aromatic rings. The van der Waals surface area contributed by atoms with Crippen molar-refractivity contribution in [2.24, 2.45) is 11.8 Å². The summed E-state index contributed by atoms with van der Waals surface area (Å²) in [6.07, 6.45) is 6.27. The van der Waals surface area contributed by atoms with Crippen LogP contribution < -0.4 is 5.32 Å². The summed E-state index contributed by atoms with van der Waals surface area (Å²) in [5.41, 5.74) is 1.63. The first-order valence-electron chi connectivity index (χ1n) is 6.00. The topological polar surface area (TPSA) is 12.0 Å². The largest absolute Gasteiger partial charge is 0.319 e. The predicted molar refractivity (Wildman–Crippen MR) is 65.5 cm³/mol. The molecular weight excluding hydrogens is 170 g/mol. The van der Waals surface area contributed by atoms with Crippen molar-refractivity contribution in [2.45, 2.75) is 47.0 Å². The lowest BCUT2D eigenvalue weighted by Crippen LogP contribution is -2.15. The smallest absolute Gasteiger partial charge is 0.000861 e. The summed E-state index contributed by atoms with van der Waals surface area (Å²) in [5, 5.41) is 3.22. The third-order valence-corrected chi connectivity index (χ3v) is 2.79. The highest BCUT2D eigenvalue weighted by Gasteiger charge is 2.07. The summed E-state index contributed by atoms with van der Waals surface area (Å²) < 4.78 is 0. The third kappa shape index (κ3) is 5.43. The van der Waals surface area contributed by atoms with Crippen molar-refractivity contribution in [3.05, 3.63) is 11.6 Å². The maximum Gasteiger partial charge on any atom is 0.000861 e. The predicted octanol–water partition coefficient (Wildman–Crippen LogP) is 3.61. The zero-order valence-electron chi connectivity index (χ0n) is 10.6. The van der Waals surface area contributed by atoms with E-state index < -0.39 is 0 Å². The van der Waals surface area contributed by atoms with Crippen molar-refractivity contribution in [3.8, 4) is 0 Å². The summed E-state index contributed by atoms with van der Waals surface area (Å²) in [7, 11) is 2.02. The van der Waals surface area contributed by atoms with E-state index >= 15 is 0 Å². The lowest BCUT2D eigenvalue weighted by Gasteiger charge is -2.16. The molecule has 0 saturated carbocycles. The Morgan fingerprint density at radius 2 is 1.93 bits per heavy atom. The van der Waals surface area contributed by atoms with E-state index in [2.05, 4.69) is 39.1 Å². The van der Waals surface area contributed by atoms with Crippen LogP contribution in [-0.4, -0.2) is 13.6 Å². The van der Waals surface area contributed by atoms with Crippen LogP contribution in [0.5, 0.6) is 0 Å². The molecule has 0 saturated heterocycles. The van der Waals surface area contributed by atoms with Gasteiger partial charge in [-0.2, -0.15) is 0 Å². The number of allylic oxidation sites excluding steroid dienone is 1. The van der Waals surface area contributed by atoms with E-state index in [0.717, 1.165) is 12.5 Å². The van der Waals surface area contributed by atoms with Gasteiger partial charge in [-0.25, -0.2) is 0 Å². The van der Waals surface area contributed by atoms with Gasteiger partial charge in [0.05, 0.1) is 0 Å². The lowest BCUT2D eigenvalue weighted by molar-refractivity contribution is 0.566. The molecule has 84 valence electrons. The second-order valence-corrected chi connectivity index (χ2v) is 4.32. The fraction of sp³-hybridized carbons (Fsp3) is 0.846. The molecule has 0 spiro atoms. The van der Waals surface area contributed by atoms with E-state index in [0.29, 0.717) is 5.92 Å². The normalized spacial score (nSPS) is 16.8. The molecule has 0 radical (unpaired) electrons. The lowest BCUT2D eigenvalue weighted by atomic mass is 9.91. The van der Waals surface area contributed by atoms with Crippen LogP contribution in [0.2, 0.25) is 0 Å². The maximum absolute atomic E-state index is 3.22. The first kappa shape index (κ1) is 13.7. The maximum atomic E-state index is 3.22. The van der Waals surface area contributed by atoms with Crippen molar-refractivity contribution in [2.75, 3.05) is 13.6 Å². The van der Waals surface area contributed by atoms with E-state index in [4.69, 9.17) is 0 Å². The third-order valence-electron chi connectivity index (χ3n) is 2.79. The molecule has 1 N–H and O–H groups in total. The van der Waals surface area contributed by atoms with Crippen LogP contribution in [-0.2, 0) is 0 Å². The van der Waals surface area contributed by atoms with Crippen molar-refractivity contribution >= 4 is 0 Å². The molecule has 0 bridgehead atoms. The minimum Gasteiger partial charge on any atom is -0.319 e. The Kier molecular flexibility index (Phi) is 7.87. The number of hydrogen-bond acceptors (Lipinski definition) is 1. The van der Waals surface area contributed by atoms with Gasteiger partial charge in [-0.3, -0.25) is 0 Å². The average Bonchev–Trinajstić information content (AvgIpc) is 2.15. The van der Waals surface area contributed by atoms with Crippen molar-refractivity contribution in [3.63, 3.8) is 0 Å². The van der Waals surface area contributed by atoms with Gasteiger partial charge in [-0.15, -0.1) is 0 Å². The molecule has 1 nitrogen and oxygen atoms in total. The first-order valence-corrected chi connectivity index (χ1v) is 6.00. The summed E-state index contributed by atoms with van der Waals surface area (Å²) in [6, 6.07) is 0. The molecule has 14 heavy (non-hydrogen) atoms. The summed E-state index contributed by atoms with van der Waals surface area (Å²) in [4.78, 5) is 0. The number of rotatable bonds is 7. The summed E-state index contributed by atoms with van der Waals surface area (Å²) >= 11 is 0. The van der Waals surface area contributed by atoms with Gasteiger partial charge >= 0.3 is 0 Å². The summed E-state index contributed by atoms with van der Waals surface area (Å²) in [6.45, 7) is 10.3. The molecule has 0 heterocycles. The Morgan fingerprint density at radius 1 is 1.29 bits per heavy atom. The molecule has 2 atom stereocenters. The highest BCUT2D eigenvalue weighted by atomic mass is 14.8. The molecule has 0 aromatic carbocycles. The van der Waals surface area contributed by atoms with Gasteiger partial charge in [0.15, 0.2) is 0 Å². The van der Waals surface area contributed by atoms with Crippen molar-refractivity contribution < 1.29 is 0 Å². The second-order valence-electron chi connectivity index (χ2n) is 4.32. The van der Waals surface area contributed by atoms with Gasteiger partial charge in [0.25, 0.3) is 0 Å². The first-order chi connectivity index (χ1) is 6.65. The van der Waals surface area contributed by atoms with Gasteiger partial charge in [-0.05, 0) is 31.7 Å². The SMILES string of the molecule is CCC[C@H](C)/C(=C\C(C)CNC)CC. The molecular formula is C13H27N. The Labute approximate surface area is 90.0 Å². The molecule has 1 unspecified atom stereocenters. The van der Waals surface area contributed by atoms with E-state index in [1.807, 2.05) is 7.05 Å². The van der Waals surface area contributed by atoms with Gasteiger partial charge in [0.2, 0.25) is 0 Å². The molecule has 0 aliphatic heterocycles. The van der Waals surface area contributed by atoms with E-state index in [9.17, 15) is 0 Å². The minimum atomic E-state index is 0.661. The number of hydrogen-bond donors (Lipinski definition) is 1. The zero-order valence-corrected chi connectivity index (χ0v) is 10.6. The fourth-order valence-electron chi connectivity index (χ4n) is 2.00. The Morgan fingerprint density at radius 3 is 2.36 bits per heavy atom. The van der Waals surface area contributed by atoms with Crippen LogP contribution in [0, 0.1) is 11.8 Å². The number of nitrogens with one attached hydrogen (secondary N) is 1. The van der Waals surface area contributed by atoms with Gasteiger partial charge < -0.3 is 5.32 Å². The zero-order chi connectivity index (χ0) is 11.0. The van der Waals surface area contributed by atoms with Crippen LogP contribution in [0.25, 0.3) is 0 Å². The molecule has 0 fully saturated rings. The van der Waals surface area contributed by atoms with Crippen molar-refractivity contribution in [1.82, 2.24) is 5.32 Å². The molecule has 0 rings (SSSR count). The summed E-state index contributed by atoms with van der Waals surface area (Å²) in [5.74, 6) is 1.43. The van der Waals surface area contributed by atoms with E-state index in [-0.39, 0.29) is 0 Å². The van der Waals surface area contributed by atoms with E-state index in [1.165, 1.54) is 19.3 Å². The minimum absolute atomic E-state index is 0.661. The second kappa shape index (κ2) is 8.05. The van der Waals surface area contributed by atoms with Crippen LogP contribution in [0.1, 0.15) is 47.0 Å². The standard InChI is InChI=1S/C13H27N/c1-6-8-12(4)13(7-2)9-11(3)10-14-5/h9,11-12,14H,6-8,10H2,1-5H3/b13-9-/t11?,12-/m0/s1. The van der Waals surface area contributed by atoms with Crippen LogP contribution >= 0.6 is 0 Å². The molecule has 0 aromatic heterocycles. The van der Waals surface area contributed by atoms with E-state index in [1.54, 1.807) is 5.57 Å². The van der Waals surface area contributed by atoms with Gasteiger partial charge in [0.1, 0.15) is 0 Å². The molecule has 0 aliphatic carbocycles. The monoisotopic (exact) mass is 197 g/mol. The average molecular weight is 197 g/mol. The molecule has 0 amide bonds. The highest BCUT2D eigenvalue weighted by molar-refractivity contribution is 5.07. The molecule has 0 aliphatic rings.